The zero-order chi connectivity index (χ0) is 17.4. The molecule has 1 N–H and O–H groups in total. The first-order valence-corrected chi connectivity index (χ1v) is 8.28. The highest BCUT2D eigenvalue weighted by molar-refractivity contribution is 5.76. The molecular weight excluding hydrogens is 305 g/mol. The summed E-state index contributed by atoms with van der Waals surface area (Å²) in [6.45, 7) is 4.35. The number of halogens is 1. The monoisotopic (exact) mass is 329 g/mol. The van der Waals surface area contributed by atoms with Crippen molar-refractivity contribution in [3.8, 4) is 5.75 Å². The summed E-state index contributed by atoms with van der Waals surface area (Å²) < 4.78 is 19.3. The molecule has 2 aromatic rings. The predicted octanol–water partition coefficient (Wildman–Crippen LogP) is 4.50. The minimum absolute atomic E-state index is 0.0188. The van der Waals surface area contributed by atoms with Gasteiger partial charge in [0.25, 0.3) is 0 Å². The normalized spacial score (nSPS) is 12.0. The molecule has 3 nitrogen and oxygen atoms in total. The third-order valence-electron chi connectivity index (χ3n) is 3.73. The maximum absolute atomic E-state index is 13.7. The average molecular weight is 329 g/mol. The Bertz CT molecular complexity index is 643. The number of rotatable bonds is 8. The van der Waals surface area contributed by atoms with Gasteiger partial charge in [0.15, 0.2) is 11.6 Å². The molecule has 0 radical (unpaired) electrons. The van der Waals surface area contributed by atoms with E-state index >= 15 is 0 Å². The third-order valence-corrected chi connectivity index (χ3v) is 3.73. The minimum Gasteiger partial charge on any atom is -0.488 e. The van der Waals surface area contributed by atoms with Crippen LogP contribution in [0.3, 0.4) is 0 Å². The average Bonchev–Trinajstić information content (AvgIpc) is 2.59. The lowest BCUT2D eigenvalue weighted by molar-refractivity contribution is -0.122. The first kappa shape index (κ1) is 18.0. The molecule has 0 saturated heterocycles. The molecule has 0 fully saturated rings. The van der Waals surface area contributed by atoms with Crippen LogP contribution in [0, 0.1) is 11.7 Å². The largest absolute Gasteiger partial charge is 0.488 e. The van der Waals surface area contributed by atoms with E-state index in [0.29, 0.717) is 12.3 Å². The topological polar surface area (TPSA) is 38.3 Å². The summed E-state index contributed by atoms with van der Waals surface area (Å²) in [6.07, 6.45) is 1.31. The Morgan fingerprint density at radius 3 is 2.42 bits per heavy atom. The molecule has 2 rings (SSSR count). The number of nitrogens with one attached hydrogen (secondary N) is 1. The van der Waals surface area contributed by atoms with Crippen LogP contribution >= 0.6 is 0 Å². The Hall–Kier alpha value is -2.36. The fourth-order valence-corrected chi connectivity index (χ4v) is 2.33. The molecule has 0 spiro atoms. The zero-order valence-electron chi connectivity index (χ0n) is 14.2. The molecule has 0 aliphatic heterocycles. The fraction of sp³-hybridized carbons (Fsp3) is 0.350. The molecule has 0 aliphatic carbocycles. The first-order valence-electron chi connectivity index (χ1n) is 8.28. The van der Waals surface area contributed by atoms with Crippen molar-refractivity contribution in [2.75, 3.05) is 6.61 Å². The SMILES string of the molecule is CC(C)CCC(=O)NC(COc1ccccc1F)c1ccccc1. The van der Waals surface area contributed by atoms with Crippen molar-refractivity contribution in [2.45, 2.75) is 32.7 Å². The summed E-state index contributed by atoms with van der Waals surface area (Å²) in [5.74, 6) is 0.237. The van der Waals surface area contributed by atoms with E-state index in [9.17, 15) is 9.18 Å². The number of para-hydroxylation sites is 1. The maximum Gasteiger partial charge on any atom is 0.220 e. The van der Waals surface area contributed by atoms with Gasteiger partial charge in [-0.3, -0.25) is 4.79 Å². The molecule has 1 atom stereocenters. The summed E-state index contributed by atoms with van der Waals surface area (Å²) in [5.41, 5.74) is 0.937. The predicted molar refractivity (Wildman–Crippen MR) is 93.3 cm³/mol. The smallest absolute Gasteiger partial charge is 0.220 e. The van der Waals surface area contributed by atoms with Crippen molar-refractivity contribution in [1.82, 2.24) is 5.32 Å². The van der Waals surface area contributed by atoms with Crippen LogP contribution in [-0.4, -0.2) is 12.5 Å². The summed E-state index contributed by atoms with van der Waals surface area (Å²) >= 11 is 0. The summed E-state index contributed by atoms with van der Waals surface area (Å²) in [4.78, 5) is 12.2. The standard InChI is InChI=1S/C20H24FNO2/c1-15(2)12-13-20(23)22-18(16-8-4-3-5-9-16)14-24-19-11-7-6-10-17(19)21/h3-11,15,18H,12-14H2,1-2H3,(H,22,23). The highest BCUT2D eigenvalue weighted by atomic mass is 19.1. The van der Waals surface area contributed by atoms with Gasteiger partial charge in [-0.1, -0.05) is 56.3 Å². The van der Waals surface area contributed by atoms with E-state index in [1.165, 1.54) is 6.07 Å². The van der Waals surface area contributed by atoms with E-state index in [1.54, 1.807) is 18.2 Å². The zero-order valence-corrected chi connectivity index (χ0v) is 14.2. The Morgan fingerprint density at radius 2 is 1.75 bits per heavy atom. The minimum atomic E-state index is -0.407. The molecule has 0 bridgehead atoms. The lowest BCUT2D eigenvalue weighted by atomic mass is 10.1. The maximum atomic E-state index is 13.7. The summed E-state index contributed by atoms with van der Waals surface area (Å²) in [7, 11) is 0. The molecule has 0 saturated carbocycles. The second kappa shape index (κ2) is 9.06. The van der Waals surface area contributed by atoms with Crippen LogP contribution in [0.4, 0.5) is 4.39 Å². The van der Waals surface area contributed by atoms with Gasteiger partial charge in [-0.15, -0.1) is 0 Å². The van der Waals surface area contributed by atoms with Gasteiger partial charge in [0, 0.05) is 6.42 Å². The van der Waals surface area contributed by atoms with Crippen molar-refractivity contribution in [1.29, 1.82) is 0 Å². The Balaban J connectivity index is 2.03. The van der Waals surface area contributed by atoms with Gasteiger partial charge in [0.2, 0.25) is 5.91 Å². The van der Waals surface area contributed by atoms with E-state index < -0.39 is 5.82 Å². The molecule has 0 heterocycles. The van der Waals surface area contributed by atoms with Crippen molar-refractivity contribution < 1.29 is 13.9 Å². The number of carbonyl (C=O) groups excluding carboxylic acids is 1. The Kier molecular flexibility index (Phi) is 6.79. The van der Waals surface area contributed by atoms with Gasteiger partial charge >= 0.3 is 0 Å². The number of ether oxygens (including phenoxy) is 1. The lowest BCUT2D eigenvalue weighted by Gasteiger charge is -2.20. The molecule has 128 valence electrons. The number of amides is 1. The van der Waals surface area contributed by atoms with E-state index in [1.807, 2.05) is 30.3 Å². The quantitative estimate of drug-likeness (QED) is 0.774. The van der Waals surface area contributed by atoms with E-state index in [4.69, 9.17) is 4.74 Å². The van der Waals surface area contributed by atoms with E-state index in [0.717, 1.165) is 12.0 Å². The third kappa shape index (κ3) is 5.69. The van der Waals surface area contributed by atoms with Crippen molar-refractivity contribution in [2.24, 2.45) is 5.92 Å². The van der Waals surface area contributed by atoms with Crippen molar-refractivity contribution >= 4 is 5.91 Å². The number of carbonyl (C=O) groups is 1. The molecular formula is C20H24FNO2. The van der Waals surface area contributed by atoms with Gasteiger partial charge in [-0.25, -0.2) is 4.39 Å². The van der Waals surface area contributed by atoms with Crippen LogP contribution in [-0.2, 0) is 4.79 Å². The second-order valence-corrected chi connectivity index (χ2v) is 6.20. The molecule has 24 heavy (non-hydrogen) atoms. The lowest BCUT2D eigenvalue weighted by Crippen LogP contribution is -2.32. The highest BCUT2D eigenvalue weighted by Gasteiger charge is 2.16. The van der Waals surface area contributed by atoms with E-state index in [2.05, 4.69) is 19.2 Å². The first-order chi connectivity index (χ1) is 11.6. The highest BCUT2D eigenvalue weighted by Crippen LogP contribution is 2.19. The van der Waals surface area contributed by atoms with Gasteiger partial charge in [-0.2, -0.15) is 0 Å². The second-order valence-electron chi connectivity index (χ2n) is 6.20. The van der Waals surface area contributed by atoms with Crippen LogP contribution in [0.1, 0.15) is 38.3 Å². The van der Waals surface area contributed by atoms with Gasteiger partial charge < -0.3 is 10.1 Å². The van der Waals surface area contributed by atoms with Crippen LogP contribution in [0.2, 0.25) is 0 Å². The van der Waals surface area contributed by atoms with Crippen LogP contribution in [0.5, 0.6) is 5.75 Å². The number of hydrogen-bond acceptors (Lipinski definition) is 2. The molecule has 0 aliphatic rings. The summed E-state index contributed by atoms with van der Waals surface area (Å²) in [6, 6.07) is 15.5. The van der Waals surface area contributed by atoms with Gasteiger partial charge in [-0.05, 0) is 30.0 Å². The molecule has 4 heteroatoms. The molecule has 2 aromatic carbocycles. The van der Waals surface area contributed by atoms with Gasteiger partial charge in [0.05, 0.1) is 6.04 Å². The van der Waals surface area contributed by atoms with Crippen LogP contribution < -0.4 is 10.1 Å². The molecule has 1 unspecified atom stereocenters. The number of benzene rings is 2. The van der Waals surface area contributed by atoms with Crippen LogP contribution in [0.15, 0.2) is 54.6 Å². The van der Waals surface area contributed by atoms with E-state index in [-0.39, 0.29) is 24.3 Å². The fourth-order valence-electron chi connectivity index (χ4n) is 2.33. The van der Waals surface area contributed by atoms with Crippen molar-refractivity contribution in [3.63, 3.8) is 0 Å². The molecule has 0 aromatic heterocycles. The molecule has 1 amide bonds. The number of hydrogen-bond donors (Lipinski definition) is 1. The van der Waals surface area contributed by atoms with Crippen molar-refractivity contribution in [3.05, 3.63) is 66.0 Å². The van der Waals surface area contributed by atoms with Gasteiger partial charge in [0.1, 0.15) is 6.61 Å². The Labute approximate surface area is 142 Å². The Morgan fingerprint density at radius 1 is 1.08 bits per heavy atom. The van der Waals surface area contributed by atoms with Crippen LogP contribution in [0.25, 0.3) is 0 Å². The summed E-state index contributed by atoms with van der Waals surface area (Å²) in [5, 5.41) is 2.99.